The van der Waals surface area contributed by atoms with Gasteiger partial charge in [0.2, 0.25) is 0 Å². The molecule has 1 nitrogen and oxygen atoms in total. The zero-order chi connectivity index (χ0) is 10.2. The summed E-state index contributed by atoms with van der Waals surface area (Å²) in [4.78, 5) is 0. The molecule has 0 bridgehead atoms. The van der Waals surface area contributed by atoms with Crippen LogP contribution in [0.3, 0.4) is 0 Å². The Kier molecular flexibility index (Phi) is 4.56. The van der Waals surface area contributed by atoms with Crippen LogP contribution >= 0.6 is 0 Å². The van der Waals surface area contributed by atoms with Gasteiger partial charge >= 0.3 is 0 Å². The number of benzene rings is 1. The fourth-order valence-electron chi connectivity index (χ4n) is 1.26. The molecule has 0 aromatic heterocycles. The Hall–Kier alpha value is -1.50. The van der Waals surface area contributed by atoms with Crippen molar-refractivity contribution < 1.29 is 0 Å². The molecule has 0 saturated heterocycles. The van der Waals surface area contributed by atoms with Crippen LogP contribution in [0, 0.1) is 0 Å². The van der Waals surface area contributed by atoms with E-state index >= 15 is 0 Å². The lowest BCUT2D eigenvalue weighted by molar-refractivity contribution is 0.921. The summed E-state index contributed by atoms with van der Waals surface area (Å²) < 4.78 is 0. The van der Waals surface area contributed by atoms with Crippen molar-refractivity contribution in [3.63, 3.8) is 0 Å². The van der Waals surface area contributed by atoms with Crippen molar-refractivity contribution in [1.82, 2.24) is 5.32 Å². The zero-order valence-corrected chi connectivity index (χ0v) is 8.83. The Morgan fingerprint density at radius 1 is 1.29 bits per heavy atom. The maximum absolute atomic E-state index is 3.20. The van der Waals surface area contributed by atoms with E-state index in [-0.39, 0.29) is 0 Å². The summed E-state index contributed by atoms with van der Waals surface area (Å²) in [6.45, 7) is 2.02. The van der Waals surface area contributed by atoms with Crippen LogP contribution in [0.4, 0.5) is 0 Å². The summed E-state index contributed by atoms with van der Waals surface area (Å²) >= 11 is 0. The highest BCUT2D eigenvalue weighted by molar-refractivity contribution is 5.23. The molecule has 1 N–H and O–H groups in total. The second-order valence-electron chi connectivity index (χ2n) is 3.13. The van der Waals surface area contributed by atoms with E-state index < -0.39 is 0 Å². The van der Waals surface area contributed by atoms with Crippen LogP contribution in [0.2, 0.25) is 0 Å². The van der Waals surface area contributed by atoms with E-state index in [2.05, 4.69) is 41.7 Å². The molecular formula is C13H17N. The molecule has 74 valence electrons. The number of rotatable bonds is 4. The molecule has 0 aliphatic heterocycles. The predicted octanol–water partition coefficient (Wildman–Crippen LogP) is 2.91. The van der Waals surface area contributed by atoms with E-state index in [0.29, 0.717) is 0 Å². The number of nitrogens with one attached hydrogen (secondary N) is 1. The highest BCUT2D eigenvalue weighted by Crippen LogP contribution is 2.05. The van der Waals surface area contributed by atoms with Gasteiger partial charge in [-0.25, -0.2) is 0 Å². The first kappa shape index (κ1) is 10.6. The minimum atomic E-state index is 0.960. The van der Waals surface area contributed by atoms with Crippen molar-refractivity contribution >= 4 is 0 Å². The van der Waals surface area contributed by atoms with Crippen LogP contribution in [-0.4, -0.2) is 7.05 Å². The van der Waals surface area contributed by atoms with Gasteiger partial charge < -0.3 is 5.32 Å². The standard InChI is InChI=1S/C13H17N/c1-3-4-10-13(14-2)11-12-8-6-5-7-9-12/h3-10,14H,11H2,1-2H3/b4-3-,13-10+. The van der Waals surface area contributed by atoms with Gasteiger partial charge in [-0.15, -0.1) is 0 Å². The average molecular weight is 187 g/mol. The highest BCUT2D eigenvalue weighted by Gasteiger charge is 1.94. The highest BCUT2D eigenvalue weighted by atomic mass is 14.8. The monoisotopic (exact) mass is 187 g/mol. The molecule has 0 heterocycles. The molecule has 1 rings (SSSR count). The van der Waals surface area contributed by atoms with E-state index in [4.69, 9.17) is 0 Å². The fraction of sp³-hybridized carbons (Fsp3) is 0.231. The fourth-order valence-corrected chi connectivity index (χ4v) is 1.26. The molecule has 0 aliphatic rings. The second kappa shape index (κ2) is 6.03. The van der Waals surface area contributed by atoms with Gasteiger partial charge in [-0.2, -0.15) is 0 Å². The maximum atomic E-state index is 3.20. The summed E-state index contributed by atoms with van der Waals surface area (Å²) in [5.41, 5.74) is 2.56. The number of hydrogen-bond acceptors (Lipinski definition) is 1. The first-order chi connectivity index (χ1) is 6.86. The number of hydrogen-bond donors (Lipinski definition) is 1. The Bertz CT molecular complexity index is 309. The second-order valence-corrected chi connectivity index (χ2v) is 3.13. The zero-order valence-electron chi connectivity index (χ0n) is 8.83. The Balaban J connectivity index is 2.66. The maximum Gasteiger partial charge on any atom is 0.0148 e. The third-order valence-corrected chi connectivity index (χ3v) is 2.05. The molecular weight excluding hydrogens is 170 g/mol. The van der Waals surface area contributed by atoms with E-state index in [1.807, 2.05) is 26.1 Å². The topological polar surface area (TPSA) is 12.0 Å². The van der Waals surface area contributed by atoms with Gasteiger partial charge in [0.05, 0.1) is 0 Å². The van der Waals surface area contributed by atoms with Crippen LogP contribution in [0.1, 0.15) is 12.5 Å². The summed E-state index contributed by atoms with van der Waals surface area (Å²) in [6, 6.07) is 10.5. The molecule has 14 heavy (non-hydrogen) atoms. The molecule has 0 spiro atoms. The van der Waals surface area contributed by atoms with E-state index in [0.717, 1.165) is 6.42 Å². The minimum Gasteiger partial charge on any atom is -0.391 e. The first-order valence-electron chi connectivity index (χ1n) is 4.90. The van der Waals surface area contributed by atoms with Crippen molar-refractivity contribution in [3.8, 4) is 0 Å². The van der Waals surface area contributed by atoms with Crippen molar-refractivity contribution in [2.24, 2.45) is 0 Å². The molecule has 0 saturated carbocycles. The lowest BCUT2D eigenvalue weighted by Crippen LogP contribution is -2.08. The summed E-state index contributed by atoms with van der Waals surface area (Å²) in [5, 5.41) is 3.20. The molecule has 0 fully saturated rings. The van der Waals surface area contributed by atoms with Gasteiger partial charge in [0.1, 0.15) is 0 Å². The van der Waals surface area contributed by atoms with E-state index in [9.17, 15) is 0 Å². The minimum absolute atomic E-state index is 0.960. The van der Waals surface area contributed by atoms with Crippen LogP contribution in [0.25, 0.3) is 0 Å². The third-order valence-electron chi connectivity index (χ3n) is 2.05. The predicted molar refractivity (Wildman–Crippen MR) is 62.1 cm³/mol. The summed E-state index contributed by atoms with van der Waals surface area (Å²) in [6.07, 6.45) is 7.14. The molecule has 0 aliphatic carbocycles. The largest absolute Gasteiger partial charge is 0.391 e. The Morgan fingerprint density at radius 2 is 2.00 bits per heavy atom. The van der Waals surface area contributed by atoms with Crippen LogP contribution in [-0.2, 0) is 6.42 Å². The Labute approximate surface area is 86.2 Å². The quantitative estimate of drug-likeness (QED) is 0.715. The Morgan fingerprint density at radius 3 is 2.57 bits per heavy atom. The molecule has 0 radical (unpaired) electrons. The summed E-state index contributed by atoms with van der Waals surface area (Å²) in [7, 11) is 1.96. The van der Waals surface area contributed by atoms with Crippen molar-refractivity contribution in [3.05, 3.63) is 59.8 Å². The lowest BCUT2D eigenvalue weighted by atomic mass is 10.1. The van der Waals surface area contributed by atoms with Crippen molar-refractivity contribution in [2.45, 2.75) is 13.3 Å². The molecule has 0 amide bonds. The molecule has 1 heteroatoms. The smallest absolute Gasteiger partial charge is 0.0148 e. The van der Waals surface area contributed by atoms with Gasteiger partial charge in [-0.05, 0) is 18.6 Å². The SMILES string of the molecule is C/C=C\C=C(/Cc1ccccc1)NC. The van der Waals surface area contributed by atoms with E-state index in [1.165, 1.54) is 11.3 Å². The van der Waals surface area contributed by atoms with Gasteiger partial charge in [-0.3, -0.25) is 0 Å². The molecule has 0 unspecified atom stereocenters. The van der Waals surface area contributed by atoms with Crippen LogP contribution < -0.4 is 5.32 Å². The lowest BCUT2D eigenvalue weighted by Gasteiger charge is -2.05. The average Bonchev–Trinajstić information content (AvgIpc) is 2.25. The van der Waals surface area contributed by atoms with Gasteiger partial charge in [-0.1, -0.05) is 42.5 Å². The molecule has 0 atom stereocenters. The van der Waals surface area contributed by atoms with Gasteiger partial charge in [0.15, 0.2) is 0 Å². The van der Waals surface area contributed by atoms with Gasteiger partial charge in [0.25, 0.3) is 0 Å². The normalized spacial score (nSPS) is 12.0. The van der Waals surface area contributed by atoms with Crippen LogP contribution in [0.5, 0.6) is 0 Å². The third kappa shape index (κ3) is 3.48. The number of likely N-dealkylation sites (N-methyl/N-ethyl adjacent to an activating group) is 1. The van der Waals surface area contributed by atoms with Crippen LogP contribution in [0.15, 0.2) is 54.3 Å². The molecule has 1 aromatic carbocycles. The summed E-state index contributed by atoms with van der Waals surface area (Å²) in [5.74, 6) is 0. The van der Waals surface area contributed by atoms with Crippen molar-refractivity contribution in [2.75, 3.05) is 7.05 Å². The number of allylic oxidation sites excluding steroid dienone is 4. The van der Waals surface area contributed by atoms with E-state index in [1.54, 1.807) is 0 Å². The van der Waals surface area contributed by atoms with Crippen molar-refractivity contribution in [1.29, 1.82) is 0 Å². The molecule has 1 aromatic rings. The van der Waals surface area contributed by atoms with Gasteiger partial charge in [0, 0.05) is 19.2 Å². The first-order valence-corrected chi connectivity index (χ1v) is 4.90.